The predicted molar refractivity (Wildman–Crippen MR) is 89.2 cm³/mol. The number of hydrogen-bond donors (Lipinski definition) is 2. The highest BCUT2D eigenvalue weighted by Gasteiger charge is 2.11. The molecule has 2 rings (SSSR count). The Labute approximate surface area is 134 Å². The van der Waals surface area contributed by atoms with E-state index in [-0.39, 0.29) is 18.2 Å². The minimum absolute atomic E-state index is 0.250. The zero-order valence-electron chi connectivity index (χ0n) is 12.4. The molecule has 0 aliphatic heterocycles. The lowest BCUT2D eigenvalue weighted by molar-refractivity contribution is -0.123. The molecule has 0 bridgehead atoms. The van der Waals surface area contributed by atoms with Gasteiger partial charge in [-0.3, -0.25) is 9.59 Å². The Morgan fingerprint density at radius 2 is 1.73 bits per heavy atom. The third-order valence-corrected chi connectivity index (χ3v) is 3.33. The summed E-state index contributed by atoms with van der Waals surface area (Å²) < 4.78 is 0. The summed E-state index contributed by atoms with van der Waals surface area (Å²) in [5.74, 6) is -0.738. The van der Waals surface area contributed by atoms with Crippen molar-refractivity contribution in [3.8, 4) is 0 Å². The molecular formula is C17H17ClN2O2. The van der Waals surface area contributed by atoms with Gasteiger partial charge in [0.15, 0.2) is 0 Å². The van der Waals surface area contributed by atoms with Crippen molar-refractivity contribution in [2.45, 2.75) is 20.3 Å². The summed E-state index contributed by atoms with van der Waals surface area (Å²) in [4.78, 5) is 23.8. The van der Waals surface area contributed by atoms with Crippen molar-refractivity contribution in [2.24, 2.45) is 0 Å². The van der Waals surface area contributed by atoms with Crippen LogP contribution in [-0.4, -0.2) is 11.8 Å². The number of carbonyl (C=O) groups excluding carboxylic acids is 2. The number of halogens is 1. The maximum Gasteiger partial charge on any atom is 0.233 e. The number of hydrogen-bond acceptors (Lipinski definition) is 2. The molecule has 2 aromatic carbocycles. The smallest absolute Gasteiger partial charge is 0.233 e. The molecule has 0 saturated carbocycles. The van der Waals surface area contributed by atoms with E-state index >= 15 is 0 Å². The molecular weight excluding hydrogens is 300 g/mol. The predicted octanol–water partition coefficient (Wildman–Crippen LogP) is 3.92. The second-order valence-electron chi connectivity index (χ2n) is 5.10. The average molecular weight is 317 g/mol. The molecule has 5 heteroatoms. The van der Waals surface area contributed by atoms with Crippen LogP contribution in [0.3, 0.4) is 0 Å². The van der Waals surface area contributed by atoms with Gasteiger partial charge in [-0.25, -0.2) is 0 Å². The van der Waals surface area contributed by atoms with E-state index < -0.39 is 0 Å². The van der Waals surface area contributed by atoms with Crippen LogP contribution < -0.4 is 10.6 Å². The SMILES string of the molecule is Cc1ccc(C)c(NC(=O)CC(=O)Nc2cccc(Cl)c2)c1. The molecule has 2 aromatic rings. The van der Waals surface area contributed by atoms with Crippen LogP contribution in [0.15, 0.2) is 42.5 Å². The maximum atomic E-state index is 11.9. The lowest BCUT2D eigenvalue weighted by Crippen LogP contribution is -2.21. The first-order chi connectivity index (χ1) is 10.4. The monoisotopic (exact) mass is 316 g/mol. The van der Waals surface area contributed by atoms with Crippen LogP contribution >= 0.6 is 11.6 Å². The van der Waals surface area contributed by atoms with E-state index in [1.807, 2.05) is 32.0 Å². The van der Waals surface area contributed by atoms with Gasteiger partial charge in [0, 0.05) is 16.4 Å². The fraction of sp³-hybridized carbons (Fsp3) is 0.176. The number of nitrogens with one attached hydrogen (secondary N) is 2. The van der Waals surface area contributed by atoms with Gasteiger partial charge < -0.3 is 10.6 Å². The third-order valence-electron chi connectivity index (χ3n) is 3.10. The van der Waals surface area contributed by atoms with Crippen LogP contribution in [0.5, 0.6) is 0 Å². The molecule has 2 N–H and O–H groups in total. The second-order valence-corrected chi connectivity index (χ2v) is 5.54. The zero-order valence-corrected chi connectivity index (χ0v) is 13.2. The van der Waals surface area contributed by atoms with Crippen molar-refractivity contribution in [1.82, 2.24) is 0 Å². The normalized spacial score (nSPS) is 10.1. The molecule has 0 aromatic heterocycles. The zero-order chi connectivity index (χ0) is 16.1. The van der Waals surface area contributed by atoms with Crippen molar-refractivity contribution in [3.63, 3.8) is 0 Å². The maximum absolute atomic E-state index is 11.9. The standard InChI is InChI=1S/C17H17ClN2O2/c1-11-6-7-12(2)15(8-11)20-17(22)10-16(21)19-14-5-3-4-13(18)9-14/h3-9H,10H2,1-2H3,(H,19,21)(H,20,22). The summed E-state index contributed by atoms with van der Waals surface area (Å²) in [6.07, 6.45) is -0.250. The van der Waals surface area contributed by atoms with Crippen LogP contribution in [-0.2, 0) is 9.59 Å². The van der Waals surface area contributed by atoms with E-state index in [9.17, 15) is 9.59 Å². The molecule has 4 nitrogen and oxygen atoms in total. The topological polar surface area (TPSA) is 58.2 Å². The number of aryl methyl sites for hydroxylation is 2. The lowest BCUT2D eigenvalue weighted by atomic mass is 10.1. The van der Waals surface area contributed by atoms with Crippen molar-refractivity contribution >= 4 is 34.8 Å². The van der Waals surface area contributed by atoms with Gasteiger partial charge in [-0.2, -0.15) is 0 Å². The van der Waals surface area contributed by atoms with Crippen LogP contribution in [0, 0.1) is 13.8 Å². The number of anilines is 2. The summed E-state index contributed by atoms with van der Waals surface area (Å²) in [6.45, 7) is 3.85. The Morgan fingerprint density at radius 3 is 2.45 bits per heavy atom. The second kappa shape index (κ2) is 7.09. The Hall–Kier alpha value is -2.33. The minimum Gasteiger partial charge on any atom is -0.326 e. The first kappa shape index (κ1) is 16.0. The first-order valence-electron chi connectivity index (χ1n) is 6.86. The quantitative estimate of drug-likeness (QED) is 0.840. The molecule has 114 valence electrons. The number of carbonyl (C=O) groups is 2. The molecule has 0 fully saturated rings. The van der Waals surface area contributed by atoms with E-state index in [0.717, 1.165) is 16.8 Å². The van der Waals surface area contributed by atoms with Gasteiger partial charge >= 0.3 is 0 Å². The molecule has 0 atom stereocenters. The molecule has 0 saturated heterocycles. The Balaban J connectivity index is 1.94. The lowest BCUT2D eigenvalue weighted by Gasteiger charge is -2.10. The summed E-state index contributed by atoms with van der Waals surface area (Å²) in [5, 5.41) is 5.92. The molecule has 0 aliphatic carbocycles. The third kappa shape index (κ3) is 4.60. The van der Waals surface area contributed by atoms with Crippen molar-refractivity contribution < 1.29 is 9.59 Å². The van der Waals surface area contributed by atoms with Gasteiger partial charge in [-0.15, -0.1) is 0 Å². The molecule has 0 spiro atoms. The molecule has 0 unspecified atom stereocenters. The largest absolute Gasteiger partial charge is 0.326 e. The Morgan fingerprint density at radius 1 is 1.00 bits per heavy atom. The summed E-state index contributed by atoms with van der Waals surface area (Å²) in [7, 11) is 0. The number of amides is 2. The molecule has 22 heavy (non-hydrogen) atoms. The fourth-order valence-electron chi connectivity index (χ4n) is 1.98. The summed E-state index contributed by atoms with van der Waals surface area (Å²) in [6, 6.07) is 12.6. The van der Waals surface area contributed by atoms with E-state index in [1.165, 1.54) is 0 Å². The molecule has 0 radical (unpaired) electrons. The number of benzene rings is 2. The van der Waals surface area contributed by atoms with E-state index in [1.54, 1.807) is 24.3 Å². The van der Waals surface area contributed by atoms with E-state index in [0.29, 0.717) is 10.7 Å². The molecule has 0 heterocycles. The van der Waals surface area contributed by atoms with Crippen LogP contribution in [0.2, 0.25) is 5.02 Å². The van der Waals surface area contributed by atoms with Gasteiger partial charge in [0.1, 0.15) is 6.42 Å². The average Bonchev–Trinajstić information content (AvgIpc) is 2.42. The van der Waals surface area contributed by atoms with Crippen LogP contribution in [0.4, 0.5) is 11.4 Å². The minimum atomic E-state index is -0.384. The Bertz CT molecular complexity index is 714. The van der Waals surface area contributed by atoms with Crippen LogP contribution in [0.25, 0.3) is 0 Å². The molecule has 0 aliphatic rings. The highest BCUT2D eigenvalue weighted by Crippen LogP contribution is 2.17. The van der Waals surface area contributed by atoms with Gasteiger partial charge in [0.25, 0.3) is 0 Å². The number of rotatable bonds is 4. The fourth-order valence-corrected chi connectivity index (χ4v) is 2.17. The van der Waals surface area contributed by atoms with Crippen molar-refractivity contribution in [1.29, 1.82) is 0 Å². The first-order valence-corrected chi connectivity index (χ1v) is 7.24. The van der Waals surface area contributed by atoms with Gasteiger partial charge in [0.05, 0.1) is 0 Å². The van der Waals surface area contributed by atoms with Gasteiger partial charge in [-0.05, 0) is 49.2 Å². The van der Waals surface area contributed by atoms with Gasteiger partial charge in [-0.1, -0.05) is 29.8 Å². The van der Waals surface area contributed by atoms with Gasteiger partial charge in [0.2, 0.25) is 11.8 Å². The highest BCUT2D eigenvalue weighted by atomic mass is 35.5. The van der Waals surface area contributed by atoms with E-state index in [4.69, 9.17) is 11.6 Å². The highest BCUT2D eigenvalue weighted by molar-refractivity contribution is 6.30. The Kier molecular flexibility index (Phi) is 5.17. The summed E-state index contributed by atoms with van der Waals surface area (Å²) in [5.41, 5.74) is 3.29. The van der Waals surface area contributed by atoms with Crippen LogP contribution in [0.1, 0.15) is 17.5 Å². The van der Waals surface area contributed by atoms with E-state index in [2.05, 4.69) is 10.6 Å². The van der Waals surface area contributed by atoms with Crippen molar-refractivity contribution in [3.05, 3.63) is 58.6 Å². The molecule has 2 amide bonds. The van der Waals surface area contributed by atoms with Crippen molar-refractivity contribution in [2.75, 3.05) is 10.6 Å². The summed E-state index contributed by atoms with van der Waals surface area (Å²) >= 11 is 5.84.